The van der Waals surface area contributed by atoms with Crippen LogP contribution in [0.5, 0.6) is 17.4 Å². The molecule has 32 heavy (non-hydrogen) atoms. The normalized spacial score (nSPS) is 15.5. The summed E-state index contributed by atoms with van der Waals surface area (Å²) in [6, 6.07) is 16.1. The van der Waals surface area contributed by atoms with E-state index in [9.17, 15) is 19.5 Å². The molecule has 1 aliphatic rings. The lowest BCUT2D eigenvalue weighted by Crippen LogP contribution is -2.39. The average Bonchev–Trinajstić information content (AvgIpc) is 3.23. The third kappa shape index (κ3) is 3.68. The van der Waals surface area contributed by atoms with Gasteiger partial charge in [0.2, 0.25) is 11.8 Å². The number of hydrogen-bond donors (Lipinski definition) is 1. The first-order chi connectivity index (χ1) is 15.3. The Balaban J connectivity index is 1.66. The number of para-hydroxylation sites is 1. The van der Waals surface area contributed by atoms with Crippen molar-refractivity contribution >= 4 is 11.6 Å². The summed E-state index contributed by atoms with van der Waals surface area (Å²) in [6.45, 7) is 1.38. The van der Waals surface area contributed by atoms with Crippen LogP contribution in [-0.4, -0.2) is 30.9 Å². The van der Waals surface area contributed by atoms with Crippen LogP contribution in [0.15, 0.2) is 69.3 Å². The molecule has 0 bridgehead atoms. The van der Waals surface area contributed by atoms with Gasteiger partial charge in [-0.3, -0.25) is 18.7 Å². The number of nitrogens with zero attached hydrogens (tertiary/aromatic N) is 4. The van der Waals surface area contributed by atoms with Crippen molar-refractivity contribution in [2.24, 2.45) is 19.2 Å². The number of benzene rings is 2. The molecule has 0 saturated heterocycles. The van der Waals surface area contributed by atoms with Gasteiger partial charge in [0.05, 0.1) is 11.8 Å². The quantitative estimate of drug-likeness (QED) is 0.678. The van der Waals surface area contributed by atoms with E-state index in [-0.39, 0.29) is 23.6 Å². The maximum absolute atomic E-state index is 12.7. The van der Waals surface area contributed by atoms with Gasteiger partial charge in [-0.05, 0) is 29.8 Å². The lowest BCUT2D eigenvalue weighted by molar-refractivity contribution is -0.130. The van der Waals surface area contributed by atoms with Crippen molar-refractivity contribution in [2.45, 2.75) is 19.4 Å². The van der Waals surface area contributed by atoms with E-state index < -0.39 is 23.2 Å². The molecule has 1 aromatic heterocycles. The first-order valence-electron chi connectivity index (χ1n) is 9.97. The molecule has 1 atom stereocenters. The Morgan fingerprint density at radius 3 is 2.25 bits per heavy atom. The molecular weight excluding hydrogens is 412 g/mol. The largest absolute Gasteiger partial charge is 0.494 e. The van der Waals surface area contributed by atoms with Gasteiger partial charge in [0.1, 0.15) is 17.1 Å². The Hall–Kier alpha value is -4.14. The Labute approximate surface area is 183 Å². The lowest BCUT2D eigenvalue weighted by Gasteiger charge is -2.20. The summed E-state index contributed by atoms with van der Waals surface area (Å²) in [5.74, 6) is 0.555. The van der Waals surface area contributed by atoms with E-state index in [1.165, 1.54) is 26.0 Å². The molecule has 0 saturated carbocycles. The van der Waals surface area contributed by atoms with E-state index in [1.54, 1.807) is 12.1 Å². The fourth-order valence-corrected chi connectivity index (χ4v) is 3.68. The zero-order valence-electron chi connectivity index (χ0n) is 17.8. The summed E-state index contributed by atoms with van der Waals surface area (Å²) in [4.78, 5) is 37.0. The lowest BCUT2D eigenvalue weighted by atomic mass is 9.99. The van der Waals surface area contributed by atoms with Gasteiger partial charge in [0.25, 0.3) is 5.56 Å². The highest BCUT2D eigenvalue weighted by Crippen LogP contribution is 2.34. The fraction of sp³-hybridized carbons (Fsp3) is 0.217. The molecule has 4 rings (SSSR count). The average molecular weight is 434 g/mol. The Bertz CT molecular complexity index is 1320. The molecule has 0 aliphatic carbocycles. The topological polar surface area (TPSA) is 106 Å². The van der Waals surface area contributed by atoms with Crippen molar-refractivity contribution in [1.82, 2.24) is 14.1 Å². The minimum Gasteiger partial charge on any atom is -0.494 e. The predicted molar refractivity (Wildman–Crippen MR) is 118 cm³/mol. The fourth-order valence-electron chi connectivity index (χ4n) is 3.68. The van der Waals surface area contributed by atoms with Gasteiger partial charge in [0.15, 0.2) is 0 Å². The smallest absolute Gasteiger partial charge is 0.333 e. The van der Waals surface area contributed by atoms with Crippen LogP contribution < -0.4 is 16.0 Å². The minimum absolute atomic E-state index is 0.0904. The highest BCUT2D eigenvalue weighted by molar-refractivity contribution is 6.04. The molecule has 0 fully saturated rings. The Morgan fingerprint density at radius 2 is 1.62 bits per heavy atom. The maximum Gasteiger partial charge on any atom is 0.333 e. The second kappa shape index (κ2) is 8.18. The second-order valence-corrected chi connectivity index (χ2v) is 7.52. The van der Waals surface area contributed by atoms with Crippen LogP contribution in [0.3, 0.4) is 0 Å². The Kier molecular flexibility index (Phi) is 5.40. The van der Waals surface area contributed by atoms with Gasteiger partial charge < -0.3 is 9.84 Å². The monoisotopic (exact) mass is 434 g/mol. The van der Waals surface area contributed by atoms with E-state index in [0.717, 1.165) is 14.7 Å². The van der Waals surface area contributed by atoms with E-state index in [0.29, 0.717) is 11.5 Å². The number of hydrazone groups is 1. The predicted octanol–water partition coefficient (Wildman–Crippen LogP) is 2.28. The summed E-state index contributed by atoms with van der Waals surface area (Å²) in [6.07, 6.45) is 0.208. The van der Waals surface area contributed by atoms with Crippen molar-refractivity contribution in [2.75, 3.05) is 0 Å². The maximum atomic E-state index is 12.7. The third-order valence-electron chi connectivity index (χ3n) is 5.40. The van der Waals surface area contributed by atoms with Crippen LogP contribution in [0.1, 0.15) is 30.5 Å². The van der Waals surface area contributed by atoms with Crippen LogP contribution in [0.25, 0.3) is 0 Å². The van der Waals surface area contributed by atoms with E-state index in [2.05, 4.69) is 5.10 Å². The summed E-state index contributed by atoms with van der Waals surface area (Å²) in [7, 11) is 2.69. The number of aromatic nitrogens is 2. The van der Waals surface area contributed by atoms with E-state index in [4.69, 9.17) is 4.74 Å². The van der Waals surface area contributed by atoms with Crippen molar-refractivity contribution in [3.8, 4) is 17.4 Å². The third-order valence-corrected chi connectivity index (χ3v) is 5.40. The number of carbonyl (C=O) groups is 1. The molecule has 1 amide bonds. The SMILES string of the molecule is CC(=O)N1N=C(c2c(O)n(C)c(=O)n(C)c2=O)CC1c1ccc(Oc2ccccc2)cc1. The van der Waals surface area contributed by atoms with Gasteiger partial charge in [0, 0.05) is 27.4 Å². The van der Waals surface area contributed by atoms with E-state index in [1.807, 2.05) is 42.5 Å². The van der Waals surface area contributed by atoms with Crippen molar-refractivity contribution in [3.05, 3.63) is 86.6 Å². The summed E-state index contributed by atoms with van der Waals surface area (Å²) in [5.41, 5.74) is -0.375. The van der Waals surface area contributed by atoms with Crippen molar-refractivity contribution in [1.29, 1.82) is 0 Å². The first-order valence-corrected chi connectivity index (χ1v) is 9.97. The molecule has 2 aromatic carbocycles. The molecular formula is C23H22N4O5. The summed E-state index contributed by atoms with van der Waals surface area (Å²) >= 11 is 0. The van der Waals surface area contributed by atoms with Crippen LogP contribution in [-0.2, 0) is 18.9 Å². The van der Waals surface area contributed by atoms with Gasteiger partial charge in [-0.2, -0.15) is 5.10 Å². The molecule has 0 radical (unpaired) electrons. The van der Waals surface area contributed by atoms with Crippen molar-refractivity contribution in [3.63, 3.8) is 0 Å². The number of hydrogen-bond acceptors (Lipinski definition) is 6. The zero-order chi connectivity index (χ0) is 23.0. The van der Waals surface area contributed by atoms with Crippen molar-refractivity contribution < 1.29 is 14.6 Å². The van der Waals surface area contributed by atoms with Gasteiger partial charge >= 0.3 is 5.69 Å². The van der Waals surface area contributed by atoms with Crippen LogP contribution in [0, 0.1) is 0 Å². The molecule has 2 heterocycles. The Morgan fingerprint density at radius 1 is 1.00 bits per heavy atom. The second-order valence-electron chi connectivity index (χ2n) is 7.52. The summed E-state index contributed by atoms with van der Waals surface area (Å²) < 4.78 is 7.69. The molecule has 9 nitrogen and oxygen atoms in total. The van der Waals surface area contributed by atoms with Crippen LogP contribution >= 0.6 is 0 Å². The molecule has 3 aromatic rings. The summed E-state index contributed by atoms with van der Waals surface area (Å²) in [5, 5.41) is 16.1. The minimum atomic E-state index is -0.667. The van der Waals surface area contributed by atoms with Gasteiger partial charge in [-0.15, -0.1) is 0 Å². The number of aromatic hydroxyl groups is 1. The molecule has 0 spiro atoms. The number of amides is 1. The molecule has 164 valence electrons. The van der Waals surface area contributed by atoms with Gasteiger partial charge in [-0.25, -0.2) is 9.80 Å². The highest BCUT2D eigenvalue weighted by atomic mass is 16.5. The first kappa shape index (κ1) is 21.1. The van der Waals surface area contributed by atoms with Gasteiger partial charge in [-0.1, -0.05) is 30.3 Å². The standard InChI is InChI=1S/C23H22N4O5/c1-14(28)27-19(15-9-11-17(12-10-15)32-16-7-5-4-6-8-16)13-18(24-27)20-21(29)25(2)23(31)26(3)22(20)30/h4-12,19,29H,13H2,1-3H3. The molecule has 9 heteroatoms. The zero-order valence-corrected chi connectivity index (χ0v) is 17.8. The molecule has 1 unspecified atom stereocenters. The van der Waals surface area contributed by atoms with E-state index >= 15 is 0 Å². The van der Waals surface area contributed by atoms with Crippen LogP contribution in [0.4, 0.5) is 0 Å². The molecule has 1 N–H and O–H groups in total. The molecule has 1 aliphatic heterocycles. The number of rotatable bonds is 4. The van der Waals surface area contributed by atoms with Crippen LogP contribution in [0.2, 0.25) is 0 Å². The number of ether oxygens (including phenoxy) is 1. The highest BCUT2D eigenvalue weighted by Gasteiger charge is 2.34. The number of carbonyl (C=O) groups excluding carboxylic acids is 1.